The SMILES string of the molecule is Cc1ccccc1CN(C)CC1(O)CCCC1. The second kappa shape index (κ2) is 5.19. The Hall–Kier alpha value is -0.860. The van der Waals surface area contributed by atoms with Crippen LogP contribution in [-0.4, -0.2) is 29.2 Å². The lowest BCUT2D eigenvalue weighted by atomic mass is 10.0. The molecule has 1 N–H and O–H groups in total. The molecule has 0 atom stereocenters. The van der Waals surface area contributed by atoms with Gasteiger partial charge < -0.3 is 5.11 Å². The fourth-order valence-corrected chi connectivity index (χ4v) is 2.83. The number of aryl methyl sites for hydroxylation is 1. The lowest BCUT2D eigenvalue weighted by Gasteiger charge is -2.28. The Labute approximate surface area is 104 Å². The summed E-state index contributed by atoms with van der Waals surface area (Å²) in [6.07, 6.45) is 4.28. The standard InChI is InChI=1S/C15H23NO/c1-13-7-3-4-8-14(13)11-16(2)12-15(17)9-5-6-10-15/h3-4,7-8,17H,5-6,9-12H2,1-2H3. The maximum Gasteiger partial charge on any atom is 0.0774 e. The summed E-state index contributed by atoms with van der Waals surface area (Å²) in [4.78, 5) is 2.24. The van der Waals surface area contributed by atoms with Gasteiger partial charge in [-0.2, -0.15) is 0 Å². The van der Waals surface area contributed by atoms with Crippen molar-refractivity contribution >= 4 is 0 Å². The number of hydrogen-bond donors (Lipinski definition) is 1. The molecule has 0 amide bonds. The van der Waals surface area contributed by atoms with Gasteiger partial charge in [0.25, 0.3) is 0 Å². The first-order chi connectivity index (χ1) is 8.09. The van der Waals surface area contributed by atoms with Crippen LogP contribution in [0.5, 0.6) is 0 Å². The van der Waals surface area contributed by atoms with Crippen molar-refractivity contribution in [3.8, 4) is 0 Å². The summed E-state index contributed by atoms with van der Waals surface area (Å²) in [6.45, 7) is 3.86. The second-order valence-electron chi connectivity index (χ2n) is 5.53. The summed E-state index contributed by atoms with van der Waals surface area (Å²) in [5.74, 6) is 0. The van der Waals surface area contributed by atoms with Crippen LogP contribution in [0, 0.1) is 6.92 Å². The van der Waals surface area contributed by atoms with E-state index < -0.39 is 5.60 Å². The Kier molecular flexibility index (Phi) is 3.85. The third kappa shape index (κ3) is 3.30. The minimum atomic E-state index is -0.433. The monoisotopic (exact) mass is 233 g/mol. The molecular formula is C15H23NO. The highest BCUT2D eigenvalue weighted by Crippen LogP contribution is 2.30. The summed E-state index contributed by atoms with van der Waals surface area (Å²) < 4.78 is 0. The molecule has 0 bridgehead atoms. The average Bonchev–Trinajstić information content (AvgIpc) is 2.68. The number of hydrogen-bond acceptors (Lipinski definition) is 2. The fraction of sp³-hybridized carbons (Fsp3) is 0.600. The van der Waals surface area contributed by atoms with E-state index >= 15 is 0 Å². The molecule has 0 aliphatic heterocycles. The molecule has 1 saturated carbocycles. The van der Waals surface area contributed by atoms with Crippen molar-refractivity contribution in [1.29, 1.82) is 0 Å². The fourth-order valence-electron chi connectivity index (χ4n) is 2.83. The van der Waals surface area contributed by atoms with E-state index in [1.165, 1.54) is 24.0 Å². The molecule has 1 fully saturated rings. The van der Waals surface area contributed by atoms with Crippen LogP contribution in [0.15, 0.2) is 24.3 Å². The highest BCUT2D eigenvalue weighted by Gasteiger charge is 2.32. The van der Waals surface area contributed by atoms with Crippen LogP contribution in [-0.2, 0) is 6.54 Å². The van der Waals surface area contributed by atoms with Crippen molar-refractivity contribution in [2.45, 2.75) is 44.8 Å². The molecule has 94 valence electrons. The van der Waals surface area contributed by atoms with Gasteiger partial charge in [0.1, 0.15) is 0 Å². The van der Waals surface area contributed by atoms with Crippen LogP contribution in [0.2, 0.25) is 0 Å². The molecule has 2 nitrogen and oxygen atoms in total. The normalized spacial score (nSPS) is 18.8. The zero-order valence-corrected chi connectivity index (χ0v) is 10.9. The first kappa shape index (κ1) is 12.6. The number of aliphatic hydroxyl groups is 1. The molecule has 2 rings (SSSR count). The molecular weight excluding hydrogens is 210 g/mol. The first-order valence-corrected chi connectivity index (χ1v) is 6.54. The summed E-state index contributed by atoms with van der Waals surface area (Å²) in [5.41, 5.74) is 2.26. The zero-order chi connectivity index (χ0) is 12.3. The van der Waals surface area contributed by atoms with Crippen molar-refractivity contribution in [1.82, 2.24) is 4.90 Å². The highest BCUT2D eigenvalue weighted by atomic mass is 16.3. The predicted octanol–water partition coefficient (Wildman–Crippen LogP) is 2.73. The van der Waals surface area contributed by atoms with Gasteiger partial charge in [-0.25, -0.2) is 0 Å². The van der Waals surface area contributed by atoms with Gasteiger partial charge in [-0.15, -0.1) is 0 Å². The first-order valence-electron chi connectivity index (χ1n) is 6.54. The van der Waals surface area contributed by atoms with Gasteiger partial charge in [-0.1, -0.05) is 37.1 Å². The lowest BCUT2D eigenvalue weighted by Crippen LogP contribution is -2.38. The van der Waals surface area contributed by atoms with Crippen molar-refractivity contribution in [3.63, 3.8) is 0 Å². The average molecular weight is 233 g/mol. The van der Waals surface area contributed by atoms with E-state index in [1.54, 1.807) is 0 Å². The molecule has 1 aliphatic rings. The minimum absolute atomic E-state index is 0.433. The molecule has 1 aromatic carbocycles. The molecule has 1 aliphatic carbocycles. The summed E-state index contributed by atoms with van der Waals surface area (Å²) >= 11 is 0. The van der Waals surface area contributed by atoms with Crippen molar-refractivity contribution in [2.24, 2.45) is 0 Å². The van der Waals surface area contributed by atoms with E-state index in [0.717, 1.165) is 25.9 Å². The largest absolute Gasteiger partial charge is 0.389 e. The molecule has 0 saturated heterocycles. The maximum absolute atomic E-state index is 10.4. The van der Waals surface area contributed by atoms with Crippen molar-refractivity contribution in [3.05, 3.63) is 35.4 Å². The molecule has 1 aromatic rings. The molecule has 17 heavy (non-hydrogen) atoms. The molecule has 2 heteroatoms. The van der Waals surface area contributed by atoms with Crippen molar-refractivity contribution < 1.29 is 5.11 Å². The van der Waals surface area contributed by atoms with E-state index in [-0.39, 0.29) is 0 Å². The maximum atomic E-state index is 10.4. The van der Waals surface area contributed by atoms with Crippen LogP contribution in [0.3, 0.4) is 0 Å². The smallest absolute Gasteiger partial charge is 0.0774 e. The minimum Gasteiger partial charge on any atom is -0.389 e. The van der Waals surface area contributed by atoms with Crippen LogP contribution in [0.1, 0.15) is 36.8 Å². The van der Waals surface area contributed by atoms with Crippen molar-refractivity contribution in [2.75, 3.05) is 13.6 Å². The van der Waals surface area contributed by atoms with Gasteiger partial charge in [-0.05, 0) is 37.9 Å². The molecule has 0 radical (unpaired) electrons. The van der Waals surface area contributed by atoms with Gasteiger partial charge >= 0.3 is 0 Å². The Balaban J connectivity index is 1.93. The Morgan fingerprint density at radius 3 is 2.53 bits per heavy atom. The second-order valence-corrected chi connectivity index (χ2v) is 5.53. The van der Waals surface area contributed by atoms with Crippen LogP contribution >= 0.6 is 0 Å². The third-order valence-electron chi connectivity index (χ3n) is 3.80. The number of benzene rings is 1. The quantitative estimate of drug-likeness (QED) is 0.864. The van der Waals surface area contributed by atoms with Crippen LogP contribution < -0.4 is 0 Å². The molecule has 0 spiro atoms. The van der Waals surface area contributed by atoms with E-state index in [0.29, 0.717) is 0 Å². The summed E-state index contributed by atoms with van der Waals surface area (Å²) in [5, 5.41) is 10.4. The molecule has 0 unspecified atom stereocenters. The summed E-state index contributed by atoms with van der Waals surface area (Å²) in [6, 6.07) is 8.47. The Morgan fingerprint density at radius 2 is 1.88 bits per heavy atom. The van der Waals surface area contributed by atoms with Gasteiger partial charge in [0.15, 0.2) is 0 Å². The summed E-state index contributed by atoms with van der Waals surface area (Å²) in [7, 11) is 2.10. The zero-order valence-electron chi connectivity index (χ0n) is 10.9. The van der Waals surface area contributed by atoms with E-state index in [1.807, 2.05) is 0 Å². The number of rotatable bonds is 4. The topological polar surface area (TPSA) is 23.5 Å². The van der Waals surface area contributed by atoms with E-state index in [4.69, 9.17) is 0 Å². The predicted molar refractivity (Wildman–Crippen MR) is 70.9 cm³/mol. The molecule has 0 aromatic heterocycles. The van der Waals surface area contributed by atoms with Gasteiger partial charge in [0.05, 0.1) is 5.60 Å². The van der Waals surface area contributed by atoms with Gasteiger partial charge in [0.2, 0.25) is 0 Å². The van der Waals surface area contributed by atoms with Gasteiger partial charge in [0, 0.05) is 13.1 Å². The molecule has 0 heterocycles. The van der Waals surface area contributed by atoms with Gasteiger partial charge in [-0.3, -0.25) is 4.90 Å². The Bertz CT molecular complexity index is 369. The van der Waals surface area contributed by atoms with Crippen LogP contribution in [0.4, 0.5) is 0 Å². The third-order valence-corrected chi connectivity index (χ3v) is 3.80. The Morgan fingerprint density at radius 1 is 1.24 bits per heavy atom. The number of likely N-dealkylation sites (N-methyl/N-ethyl adjacent to an activating group) is 1. The lowest BCUT2D eigenvalue weighted by molar-refractivity contribution is 0.0145. The highest BCUT2D eigenvalue weighted by molar-refractivity contribution is 5.25. The van der Waals surface area contributed by atoms with E-state index in [9.17, 15) is 5.11 Å². The van der Waals surface area contributed by atoms with E-state index in [2.05, 4.69) is 43.1 Å². The number of nitrogens with zero attached hydrogens (tertiary/aromatic N) is 1. The van der Waals surface area contributed by atoms with Crippen LogP contribution in [0.25, 0.3) is 0 Å².